The molecule has 3 N–H and O–H groups in total. The number of ether oxygens (including phenoxy) is 1. The zero-order valence-corrected chi connectivity index (χ0v) is 30.5. The molecule has 0 heterocycles. The van der Waals surface area contributed by atoms with Gasteiger partial charge in [0.25, 0.3) is 0 Å². The van der Waals surface area contributed by atoms with E-state index in [0.29, 0.717) is 18.5 Å². The molecule has 4 aliphatic carbocycles. The van der Waals surface area contributed by atoms with Crippen molar-refractivity contribution < 1.29 is 19.4 Å². The van der Waals surface area contributed by atoms with Crippen LogP contribution in [0.4, 0.5) is 4.79 Å². The zero-order valence-electron chi connectivity index (χ0n) is 28.8. The van der Waals surface area contributed by atoms with Crippen LogP contribution in [0.1, 0.15) is 118 Å². The summed E-state index contributed by atoms with van der Waals surface area (Å²) < 4.78 is 5.93. The number of carboxylic acid groups (broad SMARTS) is 1. The number of carbonyl (C=O) groups excluding carboxylic acids is 1. The van der Waals surface area contributed by atoms with Gasteiger partial charge in [-0.05, 0) is 104 Å². The lowest BCUT2D eigenvalue weighted by atomic mass is 9.47. The first kappa shape index (κ1) is 36.6. The number of rotatable bonds is 17. The lowest BCUT2D eigenvalue weighted by Gasteiger charge is -2.58. The van der Waals surface area contributed by atoms with E-state index in [1.165, 1.54) is 62.2 Å². The van der Waals surface area contributed by atoms with Crippen molar-refractivity contribution >= 4 is 33.7 Å². The highest BCUT2D eigenvalue weighted by Gasteiger charge is 2.59. The Balaban J connectivity index is 1.19. The molecule has 8 heteroatoms. The summed E-state index contributed by atoms with van der Waals surface area (Å²) in [5, 5.41) is 14.9. The minimum atomic E-state index is -0.780. The van der Waals surface area contributed by atoms with Crippen molar-refractivity contribution in [3.63, 3.8) is 0 Å². The minimum absolute atomic E-state index is 0.0308. The molecule has 3 fully saturated rings. The van der Waals surface area contributed by atoms with E-state index in [4.69, 9.17) is 9.84 Å². The second-order valence-corrected chi connectivity index (χ2v) is 18.2. The lowest BCUT2D eigenvalue weighted by Crippen LogP contribution is -2.51. The monoisotopic (exact) mass is 662 g/mol. The SMILES string of the molecule is C=C(CCCSSCC(=O)O)NCCNC(=O)OC1CCC2(C)C(=CCC3C2CCC2(C)C(C(C)CCCC(C)C)CCC32)C1. The van der Waals surface area contributed by atoms with Gasteiger partial charge in [0.2, 0.25) is 0 Å². The van der Waals surface area contributed by atoms with Crippen molar-refractivity contribution in [2.45, 2.75) is 124 Å². The van der Waals surface area contributed by atoms with Gasteiger partial charge in [-0.15, -0.1) is 0 Å². The summed E-state index contributed by atoms with van der Waals surface area (Å²) in [6.45, 7) is 17.7. The summed E-state index contributed by atoms with van der Waals surface area (Å²) in [4.78, 5) is 23.2. The highest BCUT2D eigenvalue weighted by molar-refractivity contribution is 8.76. The maximum Gasteiger partial charge on any atom is 0.407 e. The topological polar surface area (TPSA) is 87.7 Å². The fraction of sp³-hybridized carbons (Fsp3) is 0.838. The molecule has 8 unspecified atom stereocenters. The van der Waals surface area contributed by atoms with Crippen molar-refractivity contribution in [3.8, 4) is 0 Å². The Morgan fingerprint density at radius 1 is 1.02 bits per heavy atom. The van der Waals surface area contributed by atoms with Gasteiger partial charge in [0.1, 0.15) is 11.9 Å². The molecule has 256 valence electrons. The number of allylic oxidation sites excluding steroid dienone is 2. The molecule has 3 saturated carbocycles. The molecule has 1 amide bonds. The molecular weight excluding hydrogens is 601 g/mol. The maximum atomic E-state index is 12.6. The van der Waals surface area contributed by atoms with Crippen LogP contribution in [0.5, 0.6) is 0 Å². The molecule has 4 aliphatic rings. The van der Waals surface area contributed by atoms with Crippen LogP contribution >= 0.6 is 21.6 Å². The Morgan fingerprint density at radius 2 is 1.80 bits per heavy atom. The Kier molecular flexibility index (Phi) is 13.6. The number of carbonyl (C=O) groups is 2. The Morgan fingerprint density at radius 3 is 2.56 bits per heavy atom. The third-order valence-corrected chi connectivity index (χ3v) is 14.6. The Hall–Kier alpha value is -1.28. The molecule has 4 rings (SSSR count). The zero-order chi connectivity index (χ0) is 32.6. The van der Waals surface area contributed by atoms with Crippen LogP contribution in [0, 0.1) is 46.3 Å². The van der Waals surface area contributed by atoms with Crippen molar-refractivity contribution in [2.24, 2.45) is 46.3 Å². The molecule has 8 atom stereocenters. The highest BCUT2D eigenvalue weighted by atomic mass is 33.1. The normalized spacial score (nSPS) is 32.9. The van der Waals surface area contributed by atoms with Crippen molar-refractivity contribution in [3.05, 3.63) is 23.9 Å². The second-order valence-electron chi connectivity index (χ2n) is 15.6. The smallest absolute Gasteiger partial charge is 0.407 e. The maximum absolute atomic E-state index is 12.6. The molecule has 6 nitrogen and oxygen atoms in total. The second kappa shape index (κ2) is 16.7. The highest BCUT2D eigenvalue weighted by Crippen LogP contribution is 2.67. The van der Waals surface area contributed by atoms with Crippen molar-refractivity contribution in [2.75, 3.05) is 24.6 Å². The van der Waals surface area contributed by atoms with Crippen LogP contribution in [-0.4, -0.2) is 47.9 Å². The van der Waals surface area contributed by atoms with Gasteiger partial charge >= 0.3 is 12.1 Å². The summed E-state index contributed by atoms with van der Waals surface area (Å²) in [6.07, 6.45) is 18.0. The van der Waals surface area contributed by atoms with Crippen molar-refractivity contribution in [1.29, 1.82) is 0 Å². The molecule has 0 aromatic rings. The van der Waals surface area contributed by atoms with E-state index < -0.39 is 5.97 Å². The van der Waals surface area contributed by atoms with Gasteiger partial charge in [-0.1, -0.05) is 93.7 Å². The number of nitrogens with one attached hydrogen (secondary N) is 2. The van der Waals surface area contributed by atoms with E-state index in [0.717, 1.165) is 79.1 Å². The molecule has 0 aromatic heterocycles. The van der Waals surface area contributed by atoms with E-state index in [-0.39, 0.29) is 23.4 Å². The first-order valence-corrected chi connectivity index (χ1v) is 20.4. The summed E-state index contributed by atoms with van der Waals surface area (Å²) >= 11 is 0. The number of hydrogen-bond donors (Lipinski definition) is 3. The fourth-order valence-corrected chi connectivity index (χ4v) is 11.8. The minimum Gasteiger partial charge on any atom is -0.481 e. The fourth-order valence-electron chi connectivity index (χ4n) is 9.93. The summed E-state index contributed by atoms with van der Waals surface area (Å²) in [6, 6.07) is 0. The number of aliphatic carboxylic acids is 1. The van der Waals surface area contributed by atoms with Gasteiger partial charge in [-0.25, -0.2) is 4.79 Å². The third kappa shape index (κ3) is 9.42. The van der Waals surface area contributed by atoms with E-state index in [2.05, 4.69) is 57.9 Å². The number of fused-ring (bicyclic) bond motifs is 5. The molecule has 0 spiro atoms. The average molecular weight is 663 g/mol. The average Bonchev–Trinajstić information content (AvgIpc) is 3.34. The van der Waals surface area contributed by atoms with E-state index in [1.807, 2.05) is 0 Å². The molecular formula is C37H62N2O4S2. The van der Waals surface area contributed by atoms with Gasteiger partial charge in [0, 0.05) is 31.0 Å². The van der Waals surface area contributed by atoms with Crippen LogP contribution in [0.2, 0.25) is 0 Å². The summed E-state index contributed by atoms with van der Waals surface area (Å²) in [5.74, 6) is 5.27. The van der Waals surface area contributed by atoms with Crippen LogP contribution in [0.3, 0.4) is 0 Å². The van der Waals surface area contributed by atoms with Gasteiger partial charge in [-0.2, -0.15) is 0 Å². The van der Waals surface area contributed by atoms with Crippen molar-refractivity contribution in [1.82, 2.24) is 10.6 Å². The third-order valence-electron chi connectivity index (χ3n) is 12.3. The molecule has 0 saturated heterocycles. The first-order valence-electron chi connectivity index (χ1n) is 18.0. The van der Waals surface area contributed by atoms with E-state index in [1.54, 1.807) is 16.4 Å². The molecule has 0 aliphatic heterocycles. The number of amides is 1. The molecule has 0 radical (unpaired) electrons. The summed E-state index contributed by atoms with van der Waals surface area (Å²) in [7, 11) is 2.95. The van der Waals surface area contributed by atoms with Gasteiger partial charge in [0.05, 0.1) is 0 Å². The number of hydrogen-bond acceptors (Lipinski definition) is 6. The molecule has 45 heavy (non-hydrogen) atoms. The van der Waals surface area contributed by atoms with Gasteiger partial charge in [-0.3, -0.25) is 4.79 Å². The Labute approximate surface area is 281 Å². The van der Waals surface area contributed by atoms with Crippen LogP contribution in [0.25, 0.3) is 0 Å². The van der Waals surface area contributed by atoms with E-state index >= 15 is 0 Å². The first-order chi connectivity index (χ1) is 21.4. The number of alkyl carbamates (subject to hydrolysis) is 1. The van der Waals surface area contributed by atoms with E-state index in [9.17, 15) is 9.59 Å². The lowest BCUT2D eigenvalue weighted by molar-refractivity contribution is -0.133. The van der Waals surface area contributed by atoms with Gasteiger partial charge < -0.3 is 20.5 Å². The molecule has 0 bridgehead atoms. The van der Waals surface area contributed by atoms with Gasteiger partial charge in [0.15, 0.2) is 0 Å². The quantitative estimate of drug-likeness (QED) is 0.0812. The standard InChI is InChI=1S/C37H62N2O4S2/c1-25(2)9-7-10-26(3)31-14-15-32-30-13-12-28-23-29(16-18-36(28,5)33(30)17-19-37(31,32)6)43-35(42)39-21-20-38-27(4)11-8-22-44-45-24-34(40)41/h12,25-26,29-33,38H,4,7-11,13-24H2,1-3,5-6H3,(H,39,42)(H,40,41). The number of carboxylic acids is 1. The predicted molar refractivity (Wildman–Crippen MR) is 190 cm³/mol. The van der Waals surface area contributed by atoms with Crippen LogP contribution < -0.4 is 10.6 Å². The predicted octanol–water partition coefficient (Wildman–Crippen LogP) is 9.47. The summed E-state index contributed by atoms with van der Waals surface area (Å²) in [5.41, 5.74) is 3.28. The molecule has 0 aromatic carbocycles. The Bertz CT molecular complexity index is 1050. The largest absolute Gasteiger partial charge is 0.481 e. The van der Waals surface area contributed by atoms with Crippen LogP contribution in [0.15, 0.2) is 23.9 Å². The van der Waals surface area contributed by atoms with Crippen LogP contribution in [-0.2, 0) is 9.53 Å².